The maximum absolute atomic E-state index is 12.0. The minimum atomic E-state index is -0.404. The second kappa shape index (κ2) is 6.67. The molecule has 0 bridgehead atoms. The summed E-state index contributed by atoms with van der Waals surface area (Å²) in [6.45, 7) is 6.03. The third-order valence-electron chi connectivity index (χ3n) is 3.26. The van der Waals surface area contributed by atoms with Crippen LogP contribution in [0.1, 0.15) is 19.4 Å². The molecule has 4 nitrogen and oxygen atoms in total. The molecule has 0 aliphatic heterocycles. The Bertz CT molecular complexity index is 461. The lowest BCUT2D eigenvalue weighted by atomic mass is 10.1. The fourth-order valence-corrected chi connectivity index (χ4v) is 2.15. The first-order valence-corrected chi connectivity index (χ1v) is 7.22. The van der Waals surface area contributed by atoms with Crippen molar-refractivity contribution in [3.63, 3.8) is 0 Å². The number of hydrogen-bond donors (Lipinski definition) is 2. The van der Waals surface area contributed by atoms with Gasteiger partial charge in [-0.2, -0.15) is 0 Å². The fraction of sp³-hybridized carbons (Fsp3) is 0.500. The van der Waals surface area contributed by atoms with Gasteiger partial charge < -0.3 is 10.4 Å². The molecule has 0 fully saturated rings. The van der Waals surface area contributed by atoms with Crippen LogP contribution in [0.15, 0.2) is 18.2 Å². The van der Waals surface area contributed by atoms with E-state index in [0.29, 0.717) is 0 Å². The van der Waals surface area contributed by atoms with Crippen molar-refractivity contribution in [2.24, 2.45) is 0 Å². The van der Waals surface area contributed by atoms with Crippen molar-refractivity contribution in [3.8, 4) is 0 Å². The zero-order valence-corrected chi connectivity index (χ0v) is 14.0. The molecule has 0 aliphatic rings. The molecule has 0 saturated heterocycles. The monoisotopic (exact) mass is 376 g/mol. The molecule has 0 aromatic heterocycles. The summed E-state index contributed by atoms with van der Waals surface area (Å²) in [7, 11) is 1.83. The minimum absolute atomic E-state index is 0.0132. The van der Waals surface area contributed by atoms with Gasteiger partial charge in [-0.3, -0.25) is 9.69 Å². The zero-order valence-electron chi connectivity index (χ0n) is 11.8. The van der Waals surface area contributed by atoms with Crippen molar-refractivity contribution in [1.29, 1.82) is 0 Å². The molecular formula is C14H21IN2O2. The number of benzene rings is 1. The van der Waals surface area contributed by atoms with E-state index in [1.165, 1.54) is 0 Å². The Morgan fingerprint density at radius 1 is 1.47 bits per heavy atom. The van der Waals surface area contributed by atoms with Crippen LogP contribution in [0.3, 0.4) is 0 Å². The normalized spacial score (nSPS) is 11.7. The fourth-order valence-electron chi connectivity index (χ4n) is 1.51. The maximum atomic E-state index is 12.0. The molecule has 0 atom stereocenters. The lowest BCUT2D eigenvalue weighted by Gasteiger charge is -2.33. The van der Waals surface area contributed by atoms with Crippen molar-refractivity contribution < 1.29 is 9.90 Å². The van der Waals surface area contributed by atoms with Crippen LogP contribution >= 0.6 is 22.6 Å². The van der Waals surface area contributed by atoms with Crippen LogP contribution in [-0.4, -0.2) is 41.7 Å². The second-order valence-electron chi connectivity index (χ2n) is 5.33. The average molecular weight is 376 g/mol. The van der Waals surface area contributed by atoms with E-state index in [9.17, 15) is 9.90 Å². The summed E-state index contributed by atoms with van der Waals surface area (Å²) in [5.41, 5.74) is 1.48. The first-order chi connectivity index (χ1) is 8.76. The number of aliphatic hydroxyl groups is 1. The van der Waals surface area contributed by atoms with Gasteiger partial charge >= 0.3 is 0 Å². The quantitative estimate of drug-likeness (QED) is 0.776. The van der Waals surface area contributed by atoms with E-state index in [-0.39, 0.29) is 19.1 Å². The van der Waals surface area contributed by atoms with E-state index >= 15 is 0 Å². The number of likely N-dealkylation sites (N-methyl/N-ethyl adjacent to an activating group) is 1. The zero-order chi connectivity index (χ0) is 14.6. The molecular weight excluding hydrogens is 355 g/mol. The van der Waals surface area contributed by atoms with E-state index < -0.39 is 5.54 Å². The van der Waals surface area contributed by atoms with Crippen LogP contribution in [0.2, 0.25) is 0 Å². The lowest BCUT2D eigenvalue weighted by molar-refractivity contribution is -0.118. The van der Waals surface area contributed by atoms with E-state index in [0.717, 1.165) is 14.8 Å². The molecule has 1 amide bonds. The average Bonchev–Trinajstić information content (AvgIpc) is 2.32. The number of hydrogen-bond acceptors (Lipinski definition) is 3. The summed E-state index contributed by atoms with van der Waals surface area (Å²) in [6, 6.07) is 5.90. The Balaban J connectivity index is 2.65. The van der Waals surface area contributed by atoms with Crippen molar-refractivity contribution in [1.82, 2.24) is 4.90 Å². The van der Waals surface area contributed by atoms with E-state index in [2.05, 4.69) is 27.9 Å². The van der Waals surface area contributed by atoms with Crippen LogP contribution in [0.25, 0.3) is 0 Å². The molecule has 1 rings (SSSR count). The predicted molar refractivity (Wildman–Crippen MR) is 86.3 cm³/mol. The summed E-state index contributed by atoms with van der Waals surface area (Å²) < 4.78 is 1.15. The van der Waals surface area contributed by atoms with Gasteiger partial charge in [0, 0.05) is 14.8 Å². The van der Waals surface area contributed by atoms with Crippen molar-refractivity contribution in [2.75, 3.05) is 25.5 Å². The third-order valence-corrected chi connectivity index (χ3v) is 3.93. The minimum Gasteiger partial charge on any atom is -0.394 e. The molecule has 0 radical (unpaired) electrons. The third kappa shape index (κ3) is 4.74. The van der Waals surface area contributed by atoms with Crippen LogP contribution in [-0.2, 0) is 4.79 Å². The molecule has 0 aliphatic carbocycles. The smallest absolute Gasteiger partial charge is 0.238 e. The van der Waals surface area contributed by atoms with Gasteiger partial charge in [-0.1, -0.05) is 0 Å². The number of carbonyl (C=O) groups is 1. The van der Waals surface area contributed by atoms with Crippen LogP contribution in [0.5, 0.6) is 0 Å². The van der Waals surface area contributed by atoms with Crippen LogP contribution in [0.4, 0.5) is 5.69 Å². The Labute approximate surface area is 128 Å². The summed E-state index contributed by atoms with van der Waals surface area (Å²) in [4.78, 5) is 13.8. The number of halogens is 1. The number of aliphatic hydroxyl groups excluding tert-OH is 1. The maximum Gasteiger partial charge on any atom is 0.238 e. The standard InChI is InChI=1S/C14H21IN2O2/c1-10-7-11(15)5-6-12(10)16-13(19)8-17(4)14(2,3)9-18/h5-7,18H,8-9H2,1-4H3,(H,16,19). The summed E-state index contributed by atoms with van der Waals surface area (Å²) in [5.74, 6) is -0.0756. The number of aryl methyl sites for hydroxylation is 1. The van der Waals surface area contributed by atoms with E-state index in [1.54, 1.807) is 0 Å². The molecule has 0 saturated carbocycles. The van der Waals surface area contributed by atoms with Gasteiger partial charge in [-0.15, -0.1) is 0 Å². The Kier molecular flexibility index (Phi) is 5.76. The molecule has 0 spiro atoms. The van der Waals surface area contributed by atoms with Gasteiger partial charge in [0.05, 0.1) is 13.2 Å². The topological polar surface area (TPSA) is 52.6 Å². The number of anilines is 1. The lowest BCUT2D eigenvalue weighted by Crippen LogP contribution is -2.47. The highest BCUT2D eigenvalue weighted by atomic mass is 127. The molecule has 19 heavy (non-hydrogen) atoms. The largest absolute Gasteiger partial charge is 0.394 e. The summed E-state index contributed by atoms with van der Waals surface area (Å²) in [6.07, 6.45) is 0. The van der Waals surface area contributed by atoms with E-state index in [4.69, 9.17) is 0 Å². The van der Waals surface area contributed by atoms with Crippen molar-refractivity contribution >= 4 is 34.2 Å². The molecule has 1 aromatic rings. The molecule has 5 heteroatoms. The van der Waals surface area contributed by atoms with Gasteiger partial charge in [-0.25, -0.2) is 0 Å². The number of carbonyl (C=O) groups excluding carboxylic acids is 1. The Morgan fingerprint density at radius 2 is 2.11 bits per heavy atom. The molecule has 1 aromatic carbocycles. The van der Waals surface area contributed by atoms with Gasteiger partial charge in [0.1, 0.15) is 0 Å². The van der Waals surface area contributed by atoms with Crippen LogP contribution < -0.4 is 5.32 Å². The molecule has 0 unspecified atom stereocenters. The van der Waals surface area contributed by atoms with Crippen molar-refractivity contribution in [3.05, 3.63) is 27.3 Å². The van der Waals surface area contributed by atoms with E-state index in [1.807, 2.05) is 50.9 Å². The first kappa shape index (κ1) is 16.4. The SMILES string of the molecule is Cc1cc(I)ccc1NC(=O)CN(C)C(C)(C)CO. The number of amides is 1. The summed E-state index contributed by atoms with van der Waals surface area (Å²) in [5, 5.41) is 12.2. The Hall–Kier alpha value is -0.660. The van der Waals surface area contributed by atoms with Gasteiger partial charge in [-0.05, 0) is 74.2 Å². The van der Waals surface area contributed by atoms with Gasteiger partial charge in [0.15, 0.2) is 0 Å². The van der Waals surface area contributed by atoms with Crippen LogP contribution in [0, 0.1) is 10.5 Å². The highest BCUT2D eigenvalue weighted by molar-refractivity contribution is 14.1. The Morgan fingerprint density at radius 3 is 2.63 bits per heavy atom. The molecule has 2 N–H and O–H groups in total. The summed E-state index contributed by atoms with van der Waals surface area (Å²) >= 11 is 2.24. The number of nitrogens with zero attached hydrogens (tertiary/aromatic N) is 1. The number of rotatable bonds is 5. The highest BCUT2D eigenvalue weighted by Gasteiger charge is 2.24. The molecule has 106 valence electrons. The first-order valence-electron chi connectivity index (χ1n) is 6.14. The van der Waals surface area contributed by atoms with Crippen molar-refractivity contribution in [2.45, 2.75) is 26.3 Å². The predicted octanol–water partition coefficient (Wildman–Crippen LogP) is 2.24. The second-order valence-corrected chi connectivity index (χ2v) is 6.58. The van der Waals surface area contributed by atoms with Gasteiger partial charge in [0.2, 0.25) is 5.91 Å². The number of nitrogens with one attached hydrogen (secondary N) is 1. The molecule has 0 heterocycles. The van der Waals surface area contributed by atoms with Gasteiger partial charge in [0.25, 0.3) is 0 Å². The highest BCUT2D eigenvalue weighted by Crippen LogP contribution is 2.18.